The summed E-state index contributed by atoms with van der Waals surface area (Å²) in [5.41, 5.74) is 0. The van der Waals surface area contributed by atoms with E-state index in [0.717, 1.165) is 13.0 Å². The zero-order chi connectivity index (χ0) is 13.5. The number of ether oxygens (including phenoxy) is 1. The van der Waals surface area contributed by atoms with Gasteiger partial charge in [-0.05, 0) is 26.8 Å². The summed E-state index contributed by atoms with van der Waals surface area (Å²) in [6.45, 7) is 5.73. The minimum Gasteiger partial charge on any atom is -0.383 e. The second kappa shape index (κ2) is 7.33. The van der Waals surface area contributed by atoms with E-state index in [4.69, 9.17) is 4.74 Å². The first-order valence-corrected chi connectivity index (χ1v) is 6.35. The van der Waals surface area contributed by atoms with Gasteiger partial charge >= 0.3 is 0 Å². The molecule has 0 saturated carbocycles. The number of hydrogen-bond donors (Lipinski definition) is 2. The van der Waals surface area contributed by atoms with Gasteiger partial charge in [0.15, 0.2) is 0 Å². The maximum absolute atomic E-state index is 12.0. The van der Waals surface area contributed by atoms with Crippen molar-refractivity contribution in [1.29, 1.82) is 0 Å². The first-order chi connectivity index (χ1) is 8.54. The number of nitrogens with zero attached hydrogens (tertiary/aromatic N) is 1. The number of nitrogens with one attached hydrogen (secondary N) is 2. The molecule has 0 radical (unpaired) electrons. The summed E-state index contributed by atoms with van der Waals surface area (Å²) in [5.74, 6) is -0.149. The van der Waals surface area contributed by atoms with Crippen molar-refractivity contribution >= 4 is 11.8 Å². The van der Waals surface area contributed by atoms with E-state index in [1.807, 2.05) is 13.8 Å². The van der Waals surface area contributed by atoms with Crippen LogP contribution in [0.4, 0.5) is 0 Å². The van der Waals surface area contributed by atoms with Crippen LogP contribution in [-0.4, -0.2) is 62.1 Å². The minimum absolute atomic E-state index is 0.0120. The monoisotopic (exact) mass is 257 g/mol. The fourth-order valence-corrected chi connectivity index (χ4v) is 2.00. The van der Waals surface area contributed by atoms with Crippen molar-refractivity contribution in [2.75, 3.05) is 33.4 Å². The van der Waals surface area contributed by atoms with E-state index in [2.05, 4.69) is 10.6 Å². The first-order valence-electron chi connectivity index (χ1n) is 6.35. The molecule has 2 unspecified atom stereocenters. The standard InChI is InChI=1S/C12H23N3O3/c1-9(8-18-3)14-11(16)7-15-6-4-5-13-10(2)12(15)17/h9-10,13H,4-8H2,1-3H3,(H,14,16). The number of carbonyl (C=O) groups excluding carboxylic acids is 2. The van der Waals surface area contributed by atoms with Gasteiger partial charge in [-0.1, -0.05) is 0 Å². The zero-order valence-electron chi connectivity index (χ0n) is 11.4. The average Bonchev–Trinajstić information content (AvgIpc) is 2.45. The second-order valence-electron chi connectivity index (χ2n) is 4.71. The van der Waals surface area contributed by atoms with Gasteiger partial charge in [0, 0.05) is 19.7 Å². The molecule has 1 fully saturated rings. The van der Waals surface area contributed by atoms with Crippen molar-refractivity contribution in [2.24, 2.45) is 0 Å². The molecule has 0 aliphatic carbocycles. The summed E-state index contributed by atoms with van der Waals surface area (Å²) >= 11 is 0. The highest BCUT2D eigenvalue weighted by atomic mass is 16.5. The Hall–Kier alpha value is -1.14. The van der Waals surface area contributed by atoms with E-state index >= 15 is 0 Å². The summed E-state index contributed by atoms with van der Waals surface area (Å²) < 4.78 is 4.95. The van der Waals surface area contributed by atoms with Gasteiger partial charge in [-0.15, -0.1) is 0 Å². The Bertz CT molecular complexity index is 296. The highest BCUT2D eigenvalue weighted by Gasteiger charge is 2.24. The summed E-state index contributed by atoms with van der Waals surface area (Å²) in [6, 6.07) is -0.253. The fraction of sp³-hybridized carbons (Fsp3) is 0.833. The summed E-state index contributed by atoms with van der Waals surface area (Å²) in [6.07, 6.45) is 0.872. The third-order valence-corrected chi connectivity index (χ3v) is 2.90. The number of rotatable bonds is 5. The molecule has 6 heteroatoms. The van der Waals surface area contributed by atoms with Crippen molar-refractivity contribution in [1.82, 2.24) is 15.5 Å². The van der Waals surface area contributed by atoms with E-state index < -0.39 is 0 Å². The number of methoxy groups -OCH3 is 1. The Balaban J connectivity index is 2.44. The molecule has 0 spiro atoms. The van der Waals surface area contributed by atoms with Gasteiger partial charge in [-0.2, -0.15) is 0 Å². The van der Waals surface area contributed by atoms with Crippen LogP contribution >= 0.6 is 0 Å². The van der Waals surface area contributed by atoms with Gasteiger partial charge in [-0.3, -0.25) is 9.59 Å². The van der Waals surface area contributed by atoms with E-state index in [1.54, 1.807) is 12.0 Å². The Morgan fingerprint density at radius 3 is 3.06 bits per heavy atom. The highest BCUT2D eigenvalue weighted by Crippen LogP contribution is 2.02. The lowest BCUT2D eigenvalue weighted by atomic mass is 10.3. The Morgan fingerprint density at radius 1 is 1.67 bits per heavy atom. The smallest absolute Gasteiger partial charge is 0.239 e. The van der Waals surface area contributed by atoms with Crippen molar-refractivity contribution < 1.29 is 14.3 Å². The predicted octanol–water partition coefficient (Wildman–Crippen LogP) is -0.652. The van der Waals surface area contributed by atoms with E-state index in [1.165, 1.54) is 0 Å². The molecule has 0 aromatic rings. The first kappa shape index (κ1) is 14.9. The molecule has 1 rings (SSSR count). The Labute approximate surface area is 108 Å². The van der Waals surface area contributed by atoms with Crippen molar-refractivity contribution in [3.63, 3.8) is 0 Å². The molecule has 2 atom stereocenters. The molecular weight excluding hydrogens is 234 g/mol. The van der Waals surface area contributed by atoms with E-state index in [0.29, 0.717) is 13.2 Å². The number of amides is 2. The van der Waals surface area contributed by atoms with Crippen LogP contribution < -0.4 is 10.6 Å². The second-order valence-corrected chi connectivity index (χ2v) is 4.71. The van der Waals surface area contributed by atoms with Crippen molar-refractivity contribution in [2.45, 2.75) is 32.4 Å². The summed E-state index contributed by atoms with van der Waals surface area (Å²) in [4.78, 5) is 25.3. The summed E-state index contributed by atoms with van der Waals surface area (Å²) in [5, 5.41) is 5.92. The fourth-order valence-electron chi connectivity index (χ4n) is 2.00. The SMILES string of the molecule is COCC(C)NC(=O)CN1CCCNC(C)C1=O. The molecule has 1 aliphatic rings. The average molecular weight is 257 g/mol. The molecule has 0 aromatic heterocycles. The molecule has 6 nitrogen and oxygen atoms in total. The normalized spacial score (nSPS) is 22.5. The zero-order valence-corrected chi connectivity index (χ0v) is 11.4. The maximum Gasteiger partial charge on any atom is 0.239 e. The highest BCUT2D eigenvalue weighted by molar-refractivity contribution is 5.87. The topological polar surface area (TPSA) is 70.7 Å². The molecule has 0 aromatic carbocycles. The molecule has 2 N–H and O–H groups in total. The summed E-state index contributed by atoms with van der Waals surface area (Å²) in [7, 11) is 1.59. The lowest BCUT2D eigenvalue weighted by Gasteiger charge is -2.23. The van der Waals surface area contributed by atoms with Crippen LogP contribution in [0, 0.1) is 0 Å². The van der Waals surface area contributed by atoms with E-state index in [9.17, 15) is 9.59 Å². The Morgan fingerprint density at radius 2 is 2.39 bits per heavy atom. The maximum atomic E-state index is 12.0. The minimum atomic E-state index is -0.211. The van der Waals surface area contributed by atoms with Gasteiger partial charge in [0.25, 0.3) is 0 Å². The number of carbonyl (C=O) groups is 2. The van der Waals surface area contributed by atoms with Gasteiger partial charge in [-0.25, -0.2) is 0 Å². The van der Waals surface area contributed by atoms with Crippen LogP contribution in [0.3, 0.4) is 0 Å². The molecule has 104 valence electrons. The van der Waals surface area contributed by atoms with Gasteiger partial charge in [0.2, 0.25) is 11.8 Å². The lowest BCUT2D eigenvalue weighted by molar-refractivity contribution is -0.137. The molecule has 0 bridgehead atoms. The quantitative estimate of drug-likeness (QED) is 0.686. The van der Waals surface area contributed by atoms with Crippen LogP contribution in [0.2, 0.25) is 0 Å². The van der Waals surface area contributed by atoms with Crippen LogP contribution in [0.15, 0.2) is 0 Å². The third kappa shape index (κ3) is 4.62. The van der Waals surface area contributed by atoms with Crippen LogP contribution in [0.5, 0.6) is 0 Å². The van der Waals surface area contributed by atoms with Gasteiger partial charge in [0.05, 0.1) is 19.2 Å². The lowest BCUT2D eigenvalue weighted by Crippen LogP contribution is -2.48. The molecule has 1 heterocycles. The van der Waals surface area contributed by atoms with Crippen molar-refractivity contribution in [3.05, 3.63) is 0 Å². The molecule has 1 aliphatic heterocycles. The van der Waals surface area contributed by atoms with Crippen LogP contribution in [0.25, 0.3) is 0 Å². The Kier molecular flexibility index (Phi) is 6.07. The third-order valence-electron chi connectivity index (χ3n) is 2.90. The molecule has 1 saturated heterocycles. The molecule has 18 heavy (non-hydrogen) atoms. The van der Waals surface area contributed by atoms with Crippen LogP contribution in [0.1, 0.15) is 20.3 Å². The van der Waals surface area contributed by atoms with E-state index in [-0.39, 0.29) is 30.4 Å². The number of hydrogen-bond acceptors (Lipinski definition) is 4. The largest absolute Gasteiger partial charge is 0.383 e. The van der Waals surface area contributed by atoms with Crippen LogP contribution in [-0.2, 0) is 14.3 Å². The van der Waals surface area contributed by atoms with Gasteiger partial charge < -0.3 is 20.3 Å². The molecular formula is C12H23N3O3. The molecule has 2 amide bonds. The van der Waals surface area contributed by atoms with Crippen molar-refractivity contribution in [3.8, 4) is 0 Å². The van der Waals surface area contributed by atoms with Gasteiger partial charge in [0.1, 0.15) is 0 Å². The predicted molar refractivity (Wildman–Crippen MR) is 68.1 cm³/mol.